The van der Waals surface area contributed by atoms with Gasteiger partial charge in [0.1, 0.15) is 5.82 Å². The van der Waals surface area contributed by atoms with E-state index in [9.17, 15) is 9.50 Å². The molecule has 2 nitrogen and oxygen atoms in total. The molecule has 4 heteroatoms. The Morgan fingerprint density at radius 2 is 2.00 bits per heavy atom. The van der Waals surface area contributed by atoms with E-state index in [1.807, 2.05) is 32.8 Å². The summed E-state index contributed by atoms with van der Waals surface area (Å²) in [4.78, 5) is 1.95. The summed E-state index contributed by atoms with van der Waals surface area (Å²) in [5.41, 5.74) is 0.380. The zero-order chi connectivity index (χ0) is 13.2. The minimum absolute atomic E-state index is 0.107. The van der Waals surface area contributed by atoms with Gasteiger partial charge in [-0.1, -0.05) is 17.7 Å². The van der Waals surface area contributed by atoms with Crippen LogP contribution in [0.4, 0.5) is 4.39 Å². The third kappa shape index (κ3) is 3.41. The second kappa shape index (κ2) is 5.34. The van der Waals surface area contributed by atoms with E-state index in [2.05, 4.69) is 0 Å². The van der Waals surface area contributed by atoms with Crippen LogP contribution in [0.5, 0.6) is 0 Å². The zero-order valence-electron chi connectivity index (χ0n) is 10.7. The summed E-state index contributed by atoms with van der Waals surface area (Å²) < 4.78 is 13.3. The van der Waals surface area contributed by atoms with Gasteiger partial charge in [0.15, 0.2) is 0 Å². The minimum Gasteiger partial charge on any atom is -0.391 e. The van der Waals surface area contributed by atoms with Crippen molar-refractivity contribution in [1.82, 2.24) is 4.90 Å². The van der Waals surface area contributed by atoms with Crippen LogP contribution in [0.15, 0.2) is 18.2 Å². The van der Waals surface area contributed by atoms with Crippen molar-refractivity contribution < 1.29 is 9.50 Å². The lowest BCUT2D eigenvalue weighted by Crippen LogP contribution is -2.49. The molecule has 1 unspecified atom stereocenters. The largest absolute Gasteiger partial charge is 0.391 e. The third-order valence-electron chi connectivity index (χ3n) is 3.38. The molecule has 0 aliphatic heterocycles. The minimum atomic E-state index is -0.571. The van der Waals surface area contributed by atoms with E-state index in [1.54, 1.807) is 6.07 Å². The zero-order valence-corrected chi connectivity index (χ0v) is 11.4. The summed E-state index contributed by atoms with van der Waals surface area (Å²) in [6, 6.07) is 4.62. The first-order valence-electron chi connectivity index (χ1n) is 5.54. The van der Waals surface area contributed by atoms with Crippen LogP contribution in [0.25, 0.3) is 0 Å². The fourth-order valence-electron chi connectivity index (χ4n) is 1.44. The van der Waals surface area contributed by atoms with Crippen LogP contribution < -0.4 is 0 Å². The van der Waals surface area contributed by atoms with Gasteiger partial charge in [0.2, 0.25) is 0 Å². The maximum Gasteiger partial charge on any atom is 0.142 e. The molecular weight excluding hydrogens is 241 g/mol. The standard InChI is InChI=1S/C13H19ClFNO/c1-13(2,16(3)4)12(17)8-9-5-6-10(14)11(15)7-9/h5-7,12,17H,8H2,1-4H3. The van der Waals surface area contributed by atoms with E-state index in [4.69, 9.17) is 11.6 Å². The van der Waals surface area contributed by atoms with Crippen LogP contribution in [0.3, 0.4) is 0 Å². The summed E-state index contributed by atoms with van der Waals surface area (Å²) in [5.74, 6) is -0.445. The summed E-state index contributed by atoms with van der Waals surface area (Å²) in [6.45, 7) is 3.90. The Hall–Kier alpha value is -0.640. The van der Waals surface area contributed by atoms with Crippen molar-refractivity contribution in [3.63, 3.8) is 0 Å². The molecule has 96 valence electrons. The lowest BCUT2D eigenvalue weighted by Gasteiger charge is -2.37. The first kappa shape index (κ1) is 14.4. The molecule has 1 aromatic rings. The maximum absolute atomic E-state index is 13.3. The molecule has 0 aromatic heterocycles. The topological polar surface area (TPSA) is 23.5 Å². The molecule has 0 aliphatic carbocycles. The highest BCUT2D eigenvalue weighted by Crippen LogP contribution is 2.22. The van der Waals surface area contributed by atoms with E-state index in [1.165, 1.54) is 12.1 Å². The fraction of sp³-hybridized carbons (Fsp3) is 0.538. The van der Waals surface area contributed by atoms with E-state index in [0.717, 1.165) is 5.56 Å². The second-order valence-electron chi connectivity index (χ2n) is 5.02. The van der Waals surface area contributed by atoms with Crippen LogP contribution in [0, 0.1) is 5.82 Å². The highest BCUT2D eigenvalue weighted by molar-refractivity contribution is 6.30. The monoisotopic (exact) mass is 259 g/mol. The molecule has 0 amide bonds. The van der Waals surface area contributed by atoms with Gasteiger partial charge in [-0.2, -0.15) is 0 Å². The number of rotatable bonds is 4. The van der Waals surface area contributed by atoms with Crippen molar-refractivity contribution >= 4 is 11.6 Å². The quantitative estimate of drug-likeness (QED) is 0.899. The molecule has 0 saturated heterocycles. The molecule has 1 atom stereocenters. The first-order chi connectivity index (χ1) is 7.75. The van der Waals surface area contributed by atoms with E-state index in [0.29, 0.717) is 6.42 Å². The van der Waals surface area contributed by atoms with Crippen molar-refractivity contribution in [3.8, 4) is 0 Å². The Morgan fingerprint density at radius 3 is 2.47 bits per heavy atom. The Labute approximate surface area is 107 Å². The van der Waals surface area contributed by atoms with Crippen molar-refractivity contribution in [2.75, 3.05) is 14.1 Å². The maximum atomic E-state index is 13.3. The predicted molar refractivity (Wildman–Crippen MR) is 68.9 cm³/mol. The first-order valence-corrected chi connectivity index (χ1v) is 5.92. The summed E-state index contributed by atoms with van der Waals surface area (Å²) in [6.07, 6.45) is -0.169. The molecule has 0 spiro atoms. The lowest BCUT2D eigenvalue weighted by molar-refractivity contribution is 0.0182. The van der Waals surface area contributed by atoms with E-state index < -0.39 is 11.9 Å². The molecule has 17 heavy (non-hydrogen) atoms. The van der Waals surface area contributed by atoms with Crippen LogP contribution in [-0.2, 0) is 6.42 Å². The number of aliphatic hydroxyl groups excluding tert-OH is 1. The van der Waals surface area contributed by atoms with Gasteiger partial charge in [0.05, 0.1) is 11.1 Å². The van der Waals surface area contributed by atoms with Crippen molar-refractivity contribution in [1.29, 1.82) is 0 Å². The summed E-state index contributed by atoms with van der Waals surface area (Å²) in [5, 5.41) is 10.3. The molecule has 0 radical (unpaired) electrons. The van der Waals surface area contributed by atoms with Crippen molar-refractivity contribution in [2.24, 2.45) is 0 Å². The van der Waals surface area contributed by atoms with Gasteiger partial charge in [-0.25, -0.2) is 4.39 Å². The van der Waals surface area contributed by atoms with E-state index >= 15 is 0 Å². The number of benzene rings is 1. The van der Waals surface area contributed by atoms with Gasteiger partial charge in [-0.15, -0.1) is 0 Å². The van der Waals surface area contributed by atoms with Crippen LogP contribution in [0.2, 0.25) is 5.02 Å². The molecule has 1 aromatic carbocycles. The average molecular weight is 260 g/mol. The Morgan fingerprint density at radius 1 is 1.41 bits per heavy atom. The number of hydrogen-bond acceptors (Lipinski definition) is 2. The van der Waals surface area contributed by atoms with Crippen LogP contribution >= 0.6 is 11.6 Å². The normalized spacial score (nSPS) is 14.1. The molecule has 0 bridgehead atoms. The molecule has 0 fully saturated rings. The number of aliphatic hydroxyl groups is 1. The predicted octanol–water partition coefficient (Wildman–Crippen LogP) is 2.72. The fourth-order valence-corrected chi connectivity index (χ4v) is 1.56. The SMILES string of the molecule is CN(C)C(C)(C)C(O)Cc1ccc(Cl)c(F)c1. The highest BCUT2D eigenvalue weighted by atomic mass is 35.5. The van der Waals surface area contributed by atoms with Gasteiger partial charge in [0.25, 0.3) is 0 Å². The van der Waals surface area contributed by atoms with Crippen molar-refractivity contribution in [2.45, 2.75) is 31.9 Å². The van der Waals surface area contributed by atoms with Crippen LogP contribution in [0.1, 0.15) is 19.4 Å². The Balaban J connectivity index is 2.81. The molecule has 1 rings (SSSR count). The van der Waals surface area contributed by atoms with Gasteiger partial charge in [-0.3, -0.25) is 0 Å². The molecule has 0 saturated carbocycles. The summed E-state index contributed by atoms with van der Waals surface area (Å²) in [7, 11) is 3.82. The smallest absolute Gasteiger partial charge is 0.142 e. The number of halogens is 2. The number of hydrogen-bond donors (Lipinski definition) is 1. The van der Waals surface area contributed by atoms with Crippen molar-refractivity contribution in [3.05, 3.63) is 34.6 Å². The lowest BCUT2D eigenvalue weighted by atomic mass is 9.91. The highest BCUT2D eigenvalue weighted by Gasteiger charge is 2.30. The van der Waals surface area contributed by atoms with Gasteiger partial charge in [0, 0.05) is 12.0 Å². The molecule has 0 heterocycles. The number of likely N-dealkylation sites (N-methyl/N-ethyl adjacent to an activating group) is 1. The molecule has 1 N–H and O–H groups in total. The number of nitrogens with zero attached hydrogens (tertiary/aromatic N) is 1. The Kier molecular flexibility index (Phi) is 4.53. The summed E-state index contributed by atoms with van der Waals surface area (Å²) >= 11 is 5.61. The van der Waals surface area contributed by atoms with E-state index in [-0.39, 0.29) is 10.6 Å². The molecule has 0 aliphatic rings. The third-order valence-corrected chi connectivity index (χ3v) is 3.69. The molecular formula is C13H19ClFNO. The second-order valence-corrected chi connectivity index (χ2v) is 5.42. The van der Waals surface area contributed by atoms with Crippen LogP contribution in [-0.4, -0.2) is 35.7 Å². The Bertz CT molecular complexity index is 393. The van der Waals surface area contributed by atoms with Gasteiger partial charge < -0.3 is 10.0 Å². The van der Waals surface area contributed by atoms with Gasteiger partial charge >= 0.3 is 0 Å². The average Bonchev–Trinajstić information content (AvgIpc) is 2.23. The van der Waals surface area contributed by atoms with Gasteiger partial charge in [-0.05, 0) is 45.6 Å².